The number of hydrogen-bond acceptors (Lipinski definition) is 6. The van der Waals surface area contributed by atoms with Crippen molar-refractivity contribution in [3.63, 3.8) is 0 Å². The van der Waals surface area contributed by atoms with E-state index in [9.17, 15) is 14.7 Å². The molecule has 2 aromatic heterocycles. The van der Waals surface area contributed by atoms with E-state index in [1.807, 2.05) is 6.07 Å². The number of methoxy groups -OCH3 is 1. The summed E-state index contributed by atoms with van der Waals surface area (Å²) in [6.07, 6.45) is 4.29. The molecular weight excluding hydrogens is 396 g/mol. The van der Waals surface area contributed by atoms with Gasteiger partial charge in [-0.2, -0.15) is 0 Å². The van der Waals surface area contributed by atoms with Crippen molar-refractivity contribution in [2.24, 2.45) is 5.92 Å². The Kier molecular flexibility index (Phi) is 7.03. The monoisotopic (exact) mass is 428 g/mol. The summed E-state index contributed by atoms with van der Waals surface area (Å²) >= 11 is 0. The first kappa shape index (κ1) is 22.8. The molecule has 1 atom stereocenters. The molecule has 0 spiro atoms. The summed E-state index contributed by atoms with van der Waals surface area (Å²) < 4.78 is 10.8. The highest BCUT2D eigenvalue weighted by Crippen LogP contribution is 2.46. The molecule has 1 unspecified atom stereocenters. The van der Waals surface area contributed by atoms with Crippen LogP contribution >= 0.6 is 0 Å². The number of aryl methyl sites for hydroxylation is 1. The molecule has 31 heavy (non-hydrogen) atoms. The first-order chi connectivity index (χ1) is 14.8. The number of unbranched alkanes of at least 4 members (excludes halogenated alkanes) is 1. The number of nitrogens with zero attached hydrogens (tertiary/aromatic N) is 1. The van der Waals surface area contributed by atoms with E-state index in [0.29, 0.717) is 30.0 Å². The van der Waals surface area contributed by atoms with Crippen molar-refractivity contribution in [3.8, 4) is 22.9 Å². The van der Waals surface area contributed by atoms with Gasteiger partial charge >= 0.3 is 5.97 Å². The van der Waals surface area contributed by atoms with E-state index in [1.54, 1.807) is 0 Å². The van der Waals surface area contributed by atoms with Crippen LogP contribution in [0.5, 0.6) is 11.5 Å². The number of aromatic hydroxyl groups is 1. The van der Waals surface area contributed by atoms with Gasteiger partial charge in [0, 0.05) is 5.56 Å². The molecule has 2 aromatic rings. The number of esters is 1. The van der Waals surface area contributed by atoms with Crippen LogP contribution in [0.2, 0.25) is 0 Å². The third kappa shape index (κ3) is 4.31. The van der Waals surface area contributed by atoms with Gasteiger partial charge in [-0.3, -0.25) is 4.79 Å². The van der Waals surface area contributed by atoms with Crippen molar-refractivity contribution >= 4 is 5.97 Å². The molecule has 1 aliphatic carbocycles. The maximum absolute atomic E-state index is 12.7. The molecule has 0 aromatic carbocycles. The van der Waals surface area contributed by atoms with Crippen LogP contribution < -0.4 is 10.3 Å². The summed E-state index contributed by atoms with van der Waals surface area (Å²) in [7, 11) is 1.19. The van der Waals surface area contributed by atoms with Gasteiger partial charge in [-0.25, -0.2) is 9.78 Å². The molecule has 0 bridgehead atoms. The number of rotatable bonds is 8. The van der Waals surface area contributed by atoms with Crippen LogP contribution in [0, 0.1) is 5.92 Å². The first-order valence-electron chi connectivity index (χ1n) is 11.1. The fraction of sp³-hybridized carbons (Fsp3) is 0.542. The molecule has 0 amide bonds. The molecule has 7 nitrogen and oxygen atoms in total. The predicted octanol–water partition coefficient (Wildman–Crippen LogP) is 4.36. The number of H-pyrrole nitrogens is 1. The number of fused-ring (bicyclic) bond motifs is 3. The molecule has 3 rings (SSSR count). The second kappa shape index (κ2) is 9.54. The zero-order chi connectivity index (χ0) is 22.7. The first-order valence-corrected chi connectivity index (χ1v) is 11.1. The largest absolute Gasteiger partial charge is 0.506 e. The van der Waals surface area contributed by atoms with Crippen molar-refractivity contribution < 1.29 is 19.4 Å². The lowest BCUT2D eigenvalue weighted by Crippen LogP contribution is -2.26. The van der Waals surface area contributed by atoms with Crippen molar-refractivity contribution in [2.45, 2.75) is 65.7 Å². The van der Waals surface area contributed by atoms with Crippen LogP contribution in [0.4, 0.5) is 0 Å². The van der Waals surface area contributed by atoms with Gasteiger partial charge < -0.3 is 19.6 Å². The molecule has 0 saturated heterocycles. The highest BCUT2D eigenvalue weighted by atomic mass is 16.5. The number of aromatic amines is 1. The van der Waals surface area contributed by atoms with Gasteiger partial charge in [0.2, 0.25) is 0 Å². The Morgan fingerprint density at radius 3 is 2.68 bits per heavy atom. The topological polar surface area (TPSA) is 102 Å². The second-order valence-electron chi connectivity index (χ2n) is 8.41. The van der Waals surface area contributed by atoms with E-state index in [4.69, 9.17) is 14.5 Å². The quantitative estimate of drug-likeness (QED) is 0.479. The number of hydrogen-bond donors (Lipinski definition) is 2. The second-order valence-corrected chi connectivity index (χ2v) is 8.41. The lowest BCUT2D eigenvalue weighted by Gasteiger charge is -2.31. The van der Waals surface area contributed by atoms with Gasteiger partial charge in [0.05, 0.1) is 30.8 Å². The minimum absolute atomic E-state index is 0.0925. The molecule has 0 aliphatic heterocycles. The molecule has 0 fully saturated rings. The number of carbonyl (C=O) groups is 1. The van der Waals surface area contributed by atoms with E-state index in [0.717, 1.165) is 42.7 Å². The molecule has 2 N–H and O–H groups in total. The Bertz CT molecular complexity index is 1030. The van der Waals surface area contributed by atoms with Crippen LogP contribution in [-0.4, -0.2) is 34.8 Å². The maximum Gasteiger partial charge on any atom is 0.347 e. The number of ether oxygens (including phenoxy) is 2. The minimum atomic E-state index is -0.853. The zero-order valence-corrected chi connectivity index (χ0v) is 19.0. The van der Waals surface area contributed by atoms with E-state index in [2.05, 4.69) is 32.7 Å². The van der Waals surface area contributed by atoms with Crippen LogP contribution in [0.1, 0.15) is 80.1 Å². The van der Waals surface area contributed by atoms with Gasteiger partial charge in [-0.1, -0.05) is 40.5 Å². The summed E-state index contributed by atoms with van der Waals surface area (Å²) in [6.45, 7) is 8.95. The Morgan fingerprint density at radius 2 is 2.06 bits per heavy atom. The Morgan fingerprint density at radius 1 is 1.32 bits per heavy atom. The summed E-state index contributed by atoms with van der Waals surface area (Å²) in [5, 5.41) is 11.0. The summed E-state index contributed by atoms with van der Waals surface area (Å²) in [4.78, 5) is 32.5. The van der Waals surface area contributed by atoms with Gasteiger partial charge in [-0.05, 0) is 42.7 Å². The molecule has 0 radical (unpaired) electrons. The van der Waals surface area contributed by atoms with Gasteiger partial charge in [0.25, 0.3) is 5.56 Å². The standard InChI is InChI=1S/C24H32N2O5/c1-6-8-10-31-17-12-14-11-15(13(3)4)18-21(20(14)25-16(17)9-7-2)26-23(28)19(22(18)27)24(29)30-5/h12-13,15H,6-11H2,1-5H3,(H2,26,27,28). The van der Waals surface area contributed by atoms with Crippen molar-refractivity contribution in [3.05, 3.63) is 38.8 Å². The van der Waals surface area contributed by atoms with Crippen molar-refractivity contribution in [1.29, 1.82) is 0 Å². The molecule has 0 saturated carbocycles. The third-order valence-corrected chi connectivity index (χ3v) is 5.85. The Balaban J connectivity index is 2.23. The van der Waals surface area contributed by atoms with E-state index in [-0.39, 0.29) is 23.1 Å². The Labute approximate surface area is 182 Å². The maximum atomic E-state index is 12.7. The van der Waals surface area contributed by atoms with E-state index >= 15 is 0 Å². The fourth-order valence-electron chi connectivity index (χ4n) is 4.16. The van der Waals surface area contributed by atoms with Crippen molar-refractivity contribution in [2.75, 3.05) is 13.7 Å². The van der Waals surface area contributed by atoms with Gasteiger partial charge in [0.1, 0.15) is 11.5 Å². The normalized spacial score (nSPS) is 14.8. The number of nitrogens with one attached hydrogen (secondary N) is 1. The van der Waals surface area contributed by atoms with Crippen LogP contribution in [0.25, 0.3) is 11.4 Å². The lowest BCUT2D eigenvalue weighted by atomic mass is 9.76. The number of pyridine rings is 2. The number of carbonyl (C=O) groups excluding carboxylic acids is 1. The third-order valence-electron chi connectivity index (χ3n) is 5.85. The average Bonchev–Trinajstić information content (AvgIpc) is 2.73. The zero-order valence-electron chi connectivity index (χ0n) is 19.0. The van der Waals surface area contributed by atoms with E-state index in [1.165, 1.54) is 7.11 Å². The minimum Gasteiger partial charge on any atom is -0.506 e. The summed E-state index contributed by atoms with van der Waals surface area (Å²) in [6, 6.07) is 2.03. The fourth-order valence-corrected chi connectivity index (χ4v) is 4.16. The highest BCUT2D eigenvalue weighted by molar-refractivity contribution is 5.93. The SMILES string of the molecule is CCCCOc1cc2c(nc1CCC)-c1[nH]c(=O)c(C(=O)OC)c(O)c1C(C(C)C)C2. The molecule has 2 heterocycles. The molecule has 168 valence electrons. The van der Waals surface area contributed by atoms with Crippen LogP contribution in [0.15, 0.2) is 10.9 Å². The smallest absolute Gasteiger partial charge is 0.347 e. The molecular formula is C24H32N2O5. The summed E-state index contributed by atoms with van der Waals surface area (Å²) in [5.74, 6) is -0.303. The van der Waals surface area contributed by atoms with Crippen molar-refractivity contribution in [1.82, 2.24) is 9.97 Å². The predicted molar refractivity (Wildman–Crippen MR) is 119 cm³/mol. The van der Waals surface area contributed by atoms with Gasteiger partial charge in [0.15, 0.2) is 5.56 Å². The molecule has 1 aliphatic rings. The van der Waals surface area contributed by atoms with Crippen LogP contribution in [0.3, 0.4) is 0 Å². The summed E-state index contributed by atoms with van der Waals surface area (Å²) in [5.41, 5.74) is 2.44. The van der Waals surface area contributed by atoms with Crippen LogP contribution in [-0.2, 0) is 17.6 Å². The highest BCUT2D eigenvalue weighted by Gasteiger charge is 2.35. The molecule has 7 heteroatoms. The average molecular weight is 429 g/mol. The van der Waals surface area contributed by atoms with Gasteiger partial charge in [-0.15, -0.1) is 0 Å². The lowest BCUT2D eigenvalue weighted by molar-refractivity contribution is 0.0595. The number of aromatic nitrogens is 2. The Hall–Kier alpha value is -2.83. The van der Waals surface area contributed by atoms with E-state index < -0.39 is 11.5 Å².